The van der Waals surface area contributed by atoms with Crippen molar-refractivity contribution in [2.45, 2.75) is 141 Å². The fourth-order valence-electron chi connectivity index (χ4n) is 4.30. The van der Waals surface area contributed by atoms with Crippen LogP contribution in [0, 0.1) is 30.1 Å². The van der Waals surface area contributed by atoms with Crippen LogP contribution >= 0.6 is 0 Å². The summed E-state index contributed by atoms with van der Waals surface area (Å²) >= 11 is 0. The molecule has 0 saturated carbocycles. The Kier molecular flexibility index (Phi) is 25.1. The van der Waals surface area contributed by atoms with Gasteiger partial charge < -0.3 is 10.2 Å². The zero-order valence-corrected chi connectivity index (χ0v) is 22.5. The van der Waals surface area contributed by atoms with Gasteiger partial charge in [0.25, 0.3) is 0 Å². The Balaban J connectivity index is 3.28. The summed E-state index contributed by atoms with van der Waals surface area (Å²) in [6, 6.07) is 0. The Hall–Kier alpha value is -1.97. The highest BCUT2D eigenvalue weighted by atomic mass is 16.4. The van der Waals surface area contributed by atoms with Crippen LogP contribution in [0.2, 0.25) is 0 Å². The lowest BCUT2D eigenvalue weighted by Crippen LogP contribution is -1.95. The van der Waals surface area contributed by atoms with Gasteiger partial charge in [0.15, 0.2) is 0 Å². The standard InChI is InChI=1S/C32H52O3/c1-3-31(33)28-24-20-16-13-12-15-19-23-27-30(2)26-22-18-14-10-8-6-4-5-7-9-11-17-21-25-29-32(34)35/h1,17,21,24,28,30-31,33H,4-16,18-20,22-23,26-27H2,2H3,(H,34,35). The van der Waals surface area contributed by atoms with Gasteiger partial charge in [0.2, 0.25) is 0 Å². The van der Waals surface area contributed by atoms with Crippen LogP contribution in [0.3, 0.4) is 0 Å². The van der Waals surface area contributed by atoms with Crippen molar-refractivity contribution >= 4 is 5.97 Å². The lowest BCUT2D eigenvalue weighted by molar-refractivity contribution is -0.130. The van der Waals surface area contributed by atoms with Crippen LogP contribution in [0.15, 0.2) is 24.3 Å². The molecule has 0 aromatic heterocycles. The van der Waals surface area contributed by atoms with Gasteiger partial charge in [-0.25, -0.2) is 4.79 Å². The molecule has 3 heteroatoms. The van der Waals surface area contributed by atoms with E-state index in [0.29, 0.717) is 0 Å². The van der Waals surface area contributed by atoms with Crippen LogP contribution in [0.1, 0.15) is 135 Å². The SMILES string of the molecule is C#CC(O)C=CCCCCCCCCC(C)CCCCCCCCCCCCC=CC#CC(=O)O. The number of hydrogen-bond acceptors (Lipinski definition) is 2. The number of aliphatic hydroxyl groups excluding tert-OH is 1. The van der Waals surface area contributed by atoms with Gasteiger partial charge in [-0.2, -0.15) is 0 Å². The molecule has 0 heterocycles. The second-order valence-corrected chi connectivity index (χ2v) is 9.93. The zero-order valence-electron chi connectivity index (χ0n) is 22.5. The Morgan fingerprint density at radius 2 is 1.17 bits per heavy atom. The van der Waals surface area contributed by atoms with Crippen LogP contribution in [0.4, 0.5) is 0 Å². The molecule has 0 amide bonds. The monoisotopic (exact) mass is 484 g/mol. The third kappa shape index (κ3) is 28.2. The minimum Gasteiger partial charge on any atom is -0.472 e. The first-order valence-corrected chi connectivity index (χ1v) is 14.3. The van der Waals surface area contributed by atoms with Gasteiger partial charge >= 0.3 is 5.97 Å². The van der Waals surface area contributed by atoms with E-state index in [2.05, 4.69) is 24.7 Å². The topological polar surface area (TPSA) is 57.5 Å². The van der Waals surface area contributed by atoms with E-state index in [0.717, 1.165) is 18.8 Å². The lowest BCUT2D eigenvalue weighted by atomic mass is 9.95. The molecular weight excluding hydrogens is 432 g/mol. The number of carboxylic acids is 1. The molecule has 0 aromatic rings. The van der Waals surface area contributed by atoms with Gasteiger partial charge in [0.05, 0.1) is 0 Å². The number of carboxylic acid groups (broad SMARTS) is 1. The first kappa shape index (κ1) is 33.0. The molecule has 0 rings (SSSR count). The highest BCUT2D eigenvalue weighted by Gasteiger charge is 2.02. The van der Waals surface area contributed by atoms with Crippen LogP contribution in [0.25, 0.3) is 0 Å². The van der Waals surface area contributed by atoms with E-state index < -0.39 is 12.1 Å². The van der Waals surface area contributed by atoms with Gasteiger partial charge in [-0.1, -0.05) is 134 Å². The highest BCUT2D eigenvalue weighted by Crippen LogP contribution is 2.19. The van der Waals surface area contributed by atoms with Crippen molar-refractivity contribution in [3.8, 4) is 24.2 Å². The molecular formula is C32H52O3. The number of allylic oxidation sites excluding steroid dienone is 3. The van der Waals surface area contributed by atoms with Crippen molar-refractivity contribution in [2.75, 3.05) is 0 Å². The molecule has 0 spiro atoms. The van der Waals surface area contributed by atoms with E-state index in [1.165, 1.54) is 116 Å². The molecule has 2 atom stereocenters. The third-order valence-electron chi connectivity index (χ3n) is 6.50. The minimum atomic E-state index is -1.07. The Morgan fingerprint density at radius 1 is 0.743 bits per heavy atom. The molecule has 0 fully saturated rings. The molecule has 0 radical (unpaired) electrons. The summed E-state index contributed by atoms with van der Waals surface area (Å²) in [5.41, 5.74) is 0. The van der Waals surface area contributed by atoms with Crippen LogP contribution < -0.4 is 0 Å². The van der Waals surface area contributed by atoms with E-state index >= 15 is 0 Å². The average molecular weight is 485 g/mol. The maximum atomic E-state index is 10.2. The highest BCUT2D eigenvalue weighted by molar-refractivity contribution is 5.86. The van der Waals surface area contributed by atoms with Crippen molar-refractivity contribution in [3.05, 3.63) is 24.3 Å². The van der Waals surface area contributed by atoms with E-state index in [4.69, 9.17) is 11.5 Å². The van der Waals surface area contributed by atoms with Gasteiger partial charge in [-0.3, -0.25) is 0 Å². The van der Waals surface area contributed by atoms with Crippen LogP contribution in [-0.4, -0.2) is 22.3 Å². The molecule has 0 aliphatic carbocycles. The Morgan fingerprint density at radius 3 is 1.63 bits per heavy atom. The molecule has 0 aromatic carbocycles. The Labute approximate surface area is 216 Å². The van der Waals surface area contributed by atoms with E-state index in [1.54, 1.807) is 12.2 Å². The predicted molar refractivity (Wildman–Crippen MR) is 150 cm³/mol. The van der Waals surface area contributed by atoms with Crippen molar-refractivity contribution < 1.29 is 15.0 Å². The molecule has 2 unspecified atom stereocenters. The molecule has 2 N–H and O–H groups in total. The quantitative estimate of drug-likeness (QED) is 0.0867. The maximum Gasteiger partial charge on any atom is 0.382 e. The van der Waals surface area contributed by atoms with Gasteiger partial charge in [-0.15, -0.1) is 6.42 Å². The molecule has 3 nitrogen and oxygen atoms in total. The molecule has 0 saturated heterocycles. The first-order chi connectivity index (χ1) is 17.1. The zero-order chi connectivity index (χ0) is 25.8. The van der Waals surface area contributed by atoms with Crippen molar-refractivity contribution in [1.29, 1.82) is 0 Å². The fraction of sp³-hybridized carbons (Fsp3) is 0.719. The number of rotatable bonds is 23. The first-order valence-electron chi connectivity index (χ1n) is 14.3. The summed E-state index contributed by atoms with van der Waals surface area (Å²) in [6.07, 6.45) is 37.8. The molecule has 35 heavy (non-hydrogen) atoms. The molecule has 0 aliphatic heterocycles. The second-order valence-electron chi connectivity index (χ2n) is 9.93. The van der Waals surface area contributed by atoms with E-state index in [-0.39, 0.29) is 0 Å². The Bertz CT molecular complexity index is 644. The number of carbonyl (C=O) groups is 1. The summed E-state index contributed by atoms with van der Waals surface area (Å²) in [5, 5.41) is 17.6. The summed E-state index contributed by atoms with van der Waals surface area (Å²) in [4.78, 5) is 10.2. The van der Waals surface area contributed by atoms with E-state index in [1.807, 2.05) is 12.2 Å². The predicted octanol–water partition coefficient (Wildman–Crippen LogP) is 8.62. The normalized spacial score (nSPS) is 12.9. The van der Waals surface area contributed by atoms with Gasteiger partial charge in [0, 0.05) is 5.92 Å². The summed E-state index contributed by atoms with van der Waals surface area (Å²) in [6.45, 7) is 2.43. The number of hydrogen-bond donors (Lipinski definition) is 2. The maximum absolute atomic E-state index is 10.2. The van der Waals surface area contributed by atoms with Crippen LogP contribution in [0.5, 0.6) is 0 Å². The lowest BCUT2D eigenvalue weighted by Gasteiger charge is -2.11. The molecule has 0 aliphatic rings. The van der Waals surface area contributed by atoms with Crippen LogP contribution in [-0.2, 0) is 4.79 Å². The van der Waals surface area contributed by atoms with Crippen molar-refractivity contribution in [3.63, 3.8) is 0 Å². The van der Waals surface area contributed by atoms with Gasteiger partial charge in [-0.05, 0) is 43.8 Å². The number of unbranched alkanes of at least 4 members (excludes halogenated alkanes) is 16. The van der Waals surface area contributed by atoms with Crippen molar-refractivity contribution in [1.82, 2.24) is 0 Å². The molecule has 198 valence electrons. The summed E-state index contributed by atoms with van der Waals surface area (Å²) in [7, 11) is 0. The summed E-state index contributed by atoms with van der Waals surface area (Å²) < 4.78 is 0. The fourth-order valence-corrected chi connectivity index (χ4v) is 4.30. The largest absolute Gasteiger partial charge is 0.472 e. The smallest absolute Gasteiger partial charge is 0.382 e. The number of terminal acetylenes is 1. The average Bonchev–Trinajstić information content (AvgIpc) is 2.84. The summed E-state index contributed by atoms with van der Waals surface area (Å²) in [5.74, 6) is 6.70. The van der Waals surface area contributed by atoms with Crippen molar-refractivity contribution in [2.24, 2.45) is 5.92 Å². The van der Waals surface area contributed by atoms with Gasteiger partial charge in [0.1, 0.15) is 6.10 Å². The molecule has 0 bridgehead atoms. The third-order valence-corrected chi connectivity index (χ3v) is 6.50. The minimum absolute atomic E-state index is 0.722. The number of aliphatic carboxylic acids is 1. The number of aliphatic hydroxyl groups is 1. The second kappa shape index (κ2) is 26.6. The van der Waals surface area contributed by atoms with E-state index in [9.17, 15) is 9.90 Å².